The molecule has 0 spiro atoms. The maximum absolute atomic E-state index is 12.0. The molecule has 2 rings (SSSR count). The Balaban J connectivity index is 1.95. The van der Waals surface area contributed by atoms with Gasteiger partial charge in [-0.25, -0.2) is 0 Å². The van der Waals surface area contributed by atoms with E-state index in [0.717, 1.165) is 38.5 Å². The third-order valence-electron chi connectivity index (χ3n) is 6.00. The summed E-state index contributed by atoms with van der Waals surface area (Å²) in [6.45, 7) is 8.24. The van der Waals surface area contributed by atoms with Crippen molar-refractivity contribution in [3.8, 4) is 11.8 Å². The summed E-state index contributed by atoms with van der Waals surface area (Å²) in [5, 5.41) is 9.11. The Morgan fingerprint density at radius 2 is 1.85 bits per heavy atom. The Morgan fingerprint density at radius 3 is 2.33 bits per heavy atom. The third kappa shape index (κ3) is 5.72. The molecule has 2 unspecified atom stereocenters. The quantitative estimate of drug-likeness (QED) is 0.305. The van der Waals surface area contributed by atoms with Crippen LogP contribution in [-0.4, -0.2) is 11.3 Å². The van der Waals surface area contributed by atoms with Crippen molar-refractivity contribution in [3.63, 3.8) is 0 Å². The van der Waals surface area contributed by atoms with E-state index in [1.165, 1.54) is 5.56 Å². The van der Waals surface area contributed by atoms with Gasteiger partial charge in [0.1, 0.15) is 11.1 Å². The number of hydrogen-bond donors (Lipinski definition) is 0. The summed E-state index contributed by atoms with van der Waals surface area (Å²) in [6, 6.07) is 10.4. The second kappa shape index (κ2) is 9.60. The van der Waals surface area contributed by atoms with Crippen molar-refractivity contribution in [2.45, 2.75) is 77.5 Å². The number of esters is 1. The zero-order chi connectivity index (χ0) is 20.0. The lowest BCUT2D eigenvalue weighted by Gasteiger charge is -2.36. The average molecular weight is 390 g/mol. The molecule has 148 valence electrons. The third-order valence-corrected chi connectivity index (χ3v) is 6.68. The van der Waals surface area contributed by atoms with Gasteiger partial charge in [-0.15, -0.1) is 11.6 Å². The molecule has 1 aromatic carbocycles. The predicted molar refractivity (Wildman–Crippen MR) is 110 cm³/mol. The smallest absolute Gasteiger partial charge is 0.329 e. The summed E-state index contributed by atoms with van der Waals surface area (Å²) in [5.41, 5.74) is 1.12. The van der Waals surface area contributed by atoms with Crippen LogP contribution in [0.1, 0.15) is 77.7 Å². The minimum absolute atomic E-state index is 0.0384. The van der Waals surface area contributed by atoms with Crippen molar-refractivity contribution in [1.29, 1.82) is 5.26 Å². The Hall–Kier alpha value is -1.53. The van der Waals surface area contributed by atoms with E-state index in [0.29, 0.717) is 17.6 Å². The van der Waals surface area contributed by atoms with Crippen molar-refractivity contribution in [2.24, 2.45) is 17.3 Å². The number of nitrogens with zero attached hydrogens (tertiary/aromatic N) is 1. The van der Waals surface area contributed by atoms with E-state index in [-0.39, 0.29) is 11.3 Å². The minimum atomic E-state index is -0.632. The Bertz CT molecular complexity index is 654. The molecule has 0 bridgehead atoms. The summed E-state index contributed by atoms with van der Waals surface area (Å²) in [4.78, 5) is 12.0. The number of halogens is 1. The lowest BCUT2D eigenvalue weighted by Crippen LogP contribution is -2.27. The number of benzene rings is 1. The first-order valence-corrected chi connectivity index (χ1v) is 10.6. The normalized spacial score (nSPS) is 24.9. The topological polar surface area (TPSA) is 50.1 Å². The van der Waals surface area contributed by atoms with E-state index >= 15 is 0 Å². The first kappa shape index (κ1) is 21.8. The van der Waals surface area contributed by atoms with Gasteiger partial charge in [0.2, 0.25) is 0 Å². The van der Waals surface area contributed by atoms with Crippen molar-refractivity contribution in [2.75, 3.05) is 0 Å². The molecule has 0 aromatic heterocycles. The van der Waals surface area contributed by atoms with Crippen molar-refractivity contribution in [3.05, 3.63) is 29.8 Å². The molecule has 1 aromatic rings. The molecule has 0 amide bonds. The molecule has 1 aliphatic rings. The Kier molecular flexibility index (Phi) is 7.74. The van der Waals surface area contributed by atoms with Gasteiger partial charge in [-0.1, -0.05) is 46.2 Å². The fourth-order valence-corrected chi connectivity index (χ4v) is 3.97. The molecule has 0 saturated heterocycles. The zero-order valence-corrected chi connectivity index (χ0v) is 17.8. The molecular weight excluding hydrogens is 358 g/mol. The molecule has 0 heterocycles. The van der Waals surface area contributed by atoms with Gasteiger partial charge in [0.05, 0.1) is 11.5 Å². The van der Waals surface area contributed by atoms with Crippen molar-refractivity contribution < 1.29 is 9.53 Å². The Morgan fingerprint density at radius 1 is 1.26 bits per heavy atom. The van der Waals surface area contributed by atoms with E-state index in [4.69, 9.17) is 16.3 Å². The molecular formula is C23H32ClNO2. The first-order valence-electron chi connectivity index (χ1n) is 10.2. The molecule has 1 fully saturated rings. The fourth-order valence-electron chi connectivity index (χ4n) is 3.93. The maximum atomic E-state index is 12.0. The predicted octanol–water partition coefficient (Wildman–Crippen LogP) is 6.46. The van der Waals surface area contributed by atoms with Gasteiger partial charge in [0.15, 0.2) is 0 Å². The highest BCUT2D eigenvalue weighted by Gasteiger charge is 2.36. The lowest BCUT2D eigenvalue weighted by atomic mass is 9.66. The van der Waals surface area contributed by atoms with Gasteiger partial charge >= 0.3 is 5.97 Å². The zero-order valence-electron chi connectivity index (χ0n) is 17.0. The highest BCUT2D eigenvalue weighted by molar-refractivity contribution is 6.30. The van der Waals surface area contributed by atoms with Crippen LogP contribution in [0.4, 0.5) is 0 Å². The lowest BCUT2D eigenvalue weighted by molar-refractivity contribution is -0.134. The molecule has 0 N–H and O–H groups in total. The summed E-state index contributed by atoms with van der Waals surface area (Å²) in [7, 11) is 0. The first-order chi connectivity index (χ1) is 12.8. The molecule has 1 saturated carbocycles. The number of carbonyl (C=O) groups excluding carboxylic acids is 1. The van der Waals surface area contributed by atoms with Crippen LogP contribution in [0, 0.1) is 28.6 Å². The van der Waals surface area contributed by atoms with Gasteiger partial charge in [0, 0.05) is 0 Å². The van der Waals surface area contributed by atoms with E-state index in [1.54, 1.807) is 0 Å². The van der Waals surface area contributed by atoms with E-state index in [9.17, 15) is 10.1 Å². The van der Waals surface area contributed by atoms with Gasteiger partial charge in [-0.05, 0) is 67.6 Å². The number of nitriles is 1. The standard InChI is InChI=1S/C23H32ClNO2/c1-5-17(4)14-23(15-25)12-10-19(11-13-23)18-6-8-20(9-7-18)27-22(26)21(24)16(2)3/h6-9,16-17,19,21H,5,10-14H2,1-4H3. The van der Waals surface area contributed by atoms with Crippen LogP contribution >= 0.6 is 11.6 Å². The van der Waals surface area contributed by atoms with Crippen LogP contribution in [-0.2, 0) is 4.79 Å². The van der Waals surface area contributed by atoms with Crippen LogP contribution in [0.25, 0.3) is 0 Å². The average Bonchev–Trinajstić information content (AvgIpc) is 2.68. The molecule has 0 aliphatic heterocycles. The summed E-state index contributed by atoms with van der Waals surface area (Å²) < 4.78 is 5.37. The summed E-state index contributed by atoms with van der Waals surface area (Å²) in [6.07, 6.45) is 6.17. The molecule has 0 radical (unpaired) electrons. The minimum Gasteiger partial charge on any atom is -0.425 e. The highest BCUT2D eigenvalue weighted by Crippen LogP contribution is 2.46. The molecule has 27 heavy (non-hydrogen) atoms. The number of rotatable bonds is 7. The SMILES string of the molecule is CCC(C)CC1(C#N)CCC(c2ccc(OC(=O)C(Cl)C(C)C)cc2)CC1. The molecule has 2 atom stereocenters. The number of hydrogen-bond acceptors (Lipinski definition) is 3. The van der Waals surface area contributed by atoms with Crippen LogP contribution < -0.4 is 4.74 Å². The van der Waals surface area contributed by atoms with E-state index in [2.05, 4.69) is 19.9 Å². The number of ether oxygens (including phenoxy) is 1. The van der Waals surface area contributed by atoms with Crippen LogP contribution in [0.5, 0.6) is 5.75 Å². The Labute approximate surface area is 169 Å². The molecule has 3 nitrogen and oxygen atoms in total. The van der Waals surface area contributed by atoms with Crippen LogP contribution in [0.15, 0.2) is 24.3 Å². The van der Waals surface area contributed by atoms with Crippen LogP contribution in [0.3, 0.4) is 0 Å². The second-order valence-corrected chi connectivity index (χ2v) is 8.99. The van der Waals surface area contributed by atoms with Gasteiger partial charge in [0.25, 0.3) is 0 Å². The summed E-state index contributed by atoms with van der Waals surface area (Å²) >= 11 is 6.06. The maximum Gasteiger partial charge on any atom is 0.329 e. The number of carbonyl (C=O) groups is 1. The van der Waals surface area contributed by atoms with E-state index < -0.39 is 11.3 Å². The number of alkyl halides is 1. The highest BCUT2D eigenvalue weighted by atomic mass is 35.5. The summed E-state index contributed by atoms with van der Waals surface area (Å²) in [5.74, 6) is 1.25. The largest absolute Gasteiger partial charge is 0.425 e. The van der Waals surface area contributed by atoms with Crippen LogP contribution in [0.2, 0.25) is 0 Å². The van der Waals surface area contributed by atoms with Gasteiger partial charge < -0.3 is 4.74 Å². The van der Waals surface area contributed by atoms with Gasteiger partial charge in [-0.2, -0.15) is 5.26 Å². The molecule has 1 aliphatic carbocycles. The monoisotopic (exact) mass is 389 g/mol. The fraction of sp³-hybridized carbons (Fsp3) is 0.652. The van der Waals surface area contributed by atoms with Crippen molar-refractivity contribution in [1.82, 2.24) is 0 Å². The van der Waals surface area contributed by atoms with Gasteiger partial charge in [-0.3, -0.25) is 4.79 Å². The molecule has 4 heteroatoms. The van der Waals surface area contributed by atoms with Crippen molar-refractivity contribution >= 4 is 17.6 Å². The van der Waals surface area contributed by atoms with E-state index in [1.807, 2.05) is 38.1 Å². The second-order valence-electron chi connectivity index (χ2n) is 8.52.